The Morgan fingerprint density at radius 3 is 3.44 bits per heavy atom. The average Bonchev–Trinajstić information content (AvgIpc) is 2.33. The smallest absolute Gasteiger partial charge is 0.174 e. The summed E-state index contributed by atoms with van der Waals surface area (Å²) in [7, 11) is 0. The minimum atomic E-state index is 0.689. The van der Waals surface area contributed by atoms with Crippen LogP contribution in [0.2, 0.25) is 0 Å². The molecule has 0 aliphatic rings. The first kappa shape index (κ1) is 4.56. The maximum absolute atomic E-state index is 4.79. The minimum absolute atomic E-state index is 0.689. The molecular formula is C7H3NO. The van der Waals surface area contributed by atoms with Gasteiger partial charge in [0.05, 0.1) is 6.20 Å². The van der Waals surface area contributed by atoms with Crippen molar-refractivity contribution in [3.63, 3.8) is 0 Å². The number of rotatable bonds is 0. The zero-order chi connectivity index (χ0) is 6.10. The van der Waals surface area contributed by atoms with E-state index in [0.717, 1.165) is 5.39 Å². The quantitative estimate of drug-likeness (QED) is 0.521. The molecule has 2 aromatic rings. The number of aromatic nitrogens is 1. The molecular weight excluding hydrogens is 114 g/mol. The molecule has 0 aliphatic carbocycles. The van der Waals surface area contributed by atoms with Gasteiger partial charge in [-0.3, -0.25) is 0 Å². The van der Waals surface area contributed by atoms with Gasteiger partial charge in [0.2, 0.25) is 0 Å². The van der Waals surface area contributed by atoms with Gasteiger partial charge in [0.15, 0.2) is 5.58 Å². The summed E-state index contributed by atoms with van der Waals surface area (Å²) in [6.07, 6.45) is 1.64. The van der Waals surface area contributed by atoms with Crippen LogP contribution in [0.25, 0.3) is 11.0 Å². The number of hydrogen-bond acceptors (Lipinski definition) is 2. The number of fused-ring (bicyclic) bond motifs is 1. The topological polar surface area (TPSA) is 26.0 Å². The van der Waals surface area contributed by atoms with E-state index in [9.17, 15) is 0 Å². The zero-order valence-corrected chi connectivity index (χ0v) is 4.59. The summed E-state index contributed by atoms with van der Waals surface area (Å²) in [5.74, 6) is 0. The standard InChI is InChI=1S/C7H3NO/c1-2-4-7-6(3-1)5-8-9-7/h2-3,5H. The molecule has 0 amide bonds. The molecule has 1 heterocycles. The van der Waals surface area contributed by atoms with Crippen molar-refractivity contribution in [1.29, 1.82) is 0 Å². The van der Waals surface area contributed by atoms with Crippen LogP contribution in [0.3, 0.4) is 0 Å². The van der Waals surface area contributed by atoms with Crippen LogP contribution >= 0.6 is 0 Å². The highest BCUT2D eigenvalue weighted by Gasteiger charge is 1.92. The lowest BCUT2D eigenvalue weighted by atomic mass is 10.3. The van der Waals surface area contributed by atoms with Crippen LogP contribution in [0.4, 0.5) is 0 Å². The summed E-state index contributed by atoms with van der Waals surface area (Å²) >= 11 is 0. The van der Waals surface area contributed by atoms with E-state index in [1.54, 1.807) is 12.3 Å². The van der Waals surface area contributed by atoms with Gasteiger partial charge in [-0.15, -0.1) is 0 Å². The van der Waals surface area contributed by atoms with Gasteiger partial charge in [0, 0.05) is 11.5 Å². The second kappa shape index (κ2) is 1.58. The van der Waals surface area contributed by atoms with Gasteiger partial charge < -0.3 is 4.52 Å². The maximum atomic E-state index is 4.79. The molecule has 0 spiro atoms. The van der Waals surface area contributed by atoms with Crippen molar-refractivity contribution < 1.29 is 4.52 Å². The van der Waals surface area contributed by atoms with Crippen LogP contribution in [0, 0.1) is 12.1 Å². The van der Waals surface area contributed by atoms with E-state index in [1.807, 2.05) is 6.07 Å². The Bertz CT molecular complexity index is 283. The fourth-order valence-corrected chi connectivity index (χ4v) is 0.698. The molecule has 0 N–H and O–H groups in total. The van der Waals surface area contributed by atoms with Crippen LogP contribution in [0.1, 0.15) is 0 Å². The molecule has 0 bridgehead atoms. The lowest BCUT2D eigenvalue weighted by molar-refractivity contribution is 0.456. The Balaban J connectivity index is 2.95. The highest BCUT2D eigenvalue weighted by atomic mass is 16.5. The summed E-state index contributed by atoms with van der Waals surface area (Å²) in [6, 6.07) is 9.19. The highest BCUT2D eigenvalue weighted by Crippen LogP contribution is 2.09. The van der Waals surface area contributed by atoms with Crippen LogP contribution in [0.5, 0.6) is 0 Å². The van der Waals surface area contributed by atoms with Crippen molar-refractivity contribution in [2.24, 2.45) is 0 Å². The van der Waals surface area contributed by atoms with Gasteiger partial charge in [-0.1, -0.05) is 5.16 Å². The Kier molecular flexibility index (Phi) is 0.803. The molecule has 0 unspecified atom stereocenters. The summed E-state index contributed by atoms with van der Waals surface area (Å²) in [5.41, 5.74) is 0.689. The summed E-state index contributed by atoms with van der Waals surface area (Å²) in [5, 5.41) is 4.52. The predicted molar refractivity (Wildman–Crippen MR) is 31.7 cm³/mol. The van der Waals surface area contributed by atoms with Crippen molar-refractivity contribution in [1.82, 2.24) is 5.16 Å². The van der Waals surface area contributed by atoms with Crippen LogP contribution < -0.4 is 0 Å². The predicted octanol–water partition coefficient (Wildman–Crippen LogP) is 1.43. The Morgan fingerprint density at radius 1 is 1.56 bits per heavy atom. The molecule has 0 fully saturated rings. The molecule has 1 aromatic heterocycles. The maximum Gasteiger partial charge on any atom is 0.174 e. The number of nitrogens with zero attached hydrogens (tertiary/aromatic N) is 1. The Hall–Kier alpha value is -1.31. The lowest BCUT2D eigenvalue weighted by Crippen LogP contribution is -1.59. The minimum Gasteiger partial charge on any atom is -0.356 e. The first-order chi connectivity index (χ1) is 4.47. The van der Waals surface area contributed by atoms with E-state index in [-0.39, 0.29) is 0 Å². The molecule has 42 valence electrons. The van der Waals surface area contributed by atoms with Gasteiger partial charge in [0.1, 0.15) is 0 Å². The lowest BCUT2D eigenvalue weighted by Gasteiger charge is -1.77. The third kappa shape index (κ3) is 0.598. The SMILES string of the molecule is [c]1c[c]c2oncc2c1. The normalized spacial score (nSPS) is 10.2. The number of benzene rings is 1. The van der Waals surface area contributed by atoms with Gasteiger partial charge in [-0.05, 0) is 18.2 Å². The molecule has 0 aliphatic heterocycles. The van der Waals surface area contributed by atoms with E-state index in [4.69, 9.17) is 4.52 Å². The molecule has 0 atom stereocenters. The largest absolute Gasteiger partial charge is 0.356 e. The van der Waals surface area contributed by atoms with Crippen LogP contribution in [0.15, 0.2) is 22.9 Å². The first-order valence-electron chi connectivity index (χ1n) is 2.59. The number of hydrogen-bond donors (Lipinski definition) is 0. The summed E-state index contributed by atoms with van der Waals surface area (Å²) in [4.78, 5) is 0. The highest BCUT2D eigenvalue weighted by molar-refractivity contribution is 5.74. The van der Waals surface area contributed by atoms with Crippen molar-refractivity contribution in [3.8, 4) is 0 Å². The molecule has 1 aromatic carbocycles. The molecule has 2 heteroatoms. The summed E-state index contributed by atoms with van der Waals surface area (Å²) in [6.45, 7) is 0. The fraction of sp³-hybridized carbons (Fsp3) is 0. The van der Waals surface area contributed by atoms with Gasteiger partial charge in [0.25, 0.3) is 0 Å². The molecule has 2 rings (SSSR count). The third-order valence-corrected chi connectivity index (χ3v) is 1.12. The second-order valence-corrected chi connectivity index (χ2v) is 1.71. The van der Waals surface area contributed by atoms with Crippen LogP contribution in [-0.2, 0) is 0 Å². The van der Waals surface area contributed by atoms with E-state index in [2.05, 4.69) is 17.3 Å². The Morgan fingerprint density at radius 2 is 2.56 bits per heavy atom. The van der Waals surface area contributed by atoms with Crippen molar-refractivity contribution in [2.75, 3.05) is 0 Å². The second-order valence-electron chi connectivity index (χ2n) is 1.71. The van der Waals surface area contributed by atoms with Crippen molar-refractivity contribution in [3.05, 3.63) is 30.5 Å². The van der Waals surface area contributed by atoms with Crippen molar-refractivity contribution in [2.45, 2.75) is 0 Å². The molecule has 2 nitrogen and oxygen atoms in total. The molecule has 0 saturated carbocycles. The van der Waals surface area contributed by atoms with E-state index in [1.165, 1.54) is 0 Å². The monoisotopic (exact) mass is 117 g/mol. The van der Waals surface area contributed by atoms with E-state index in [0.29, 0.717) is 5.58 Å². The van der Waals surface area contributed by atoms with Gasteiger partial charge in [-0.25, -0.2) is 0 Å². The zero-order valence-electron chi connectivity index (χ0n) is 4.59. The third-order valence-electron chi connectivity index (χ3n) is 1.12. The van der Waals surface area contributed by atoms with Gasteiger partial charge in [-0.2, -0.15) is 0 Å². The first-order valence-corrected chi connectivity index (χ1v) is 2.59. The molecule has 0 saturated heterocycles. The molecule has 2 radical (unpaired) electrons. The van der Waals surface area contributed by atoms with Crippen molar-refractivity contribution >= 4 is 11.0 Å². The Labute approximate surface area is 52.1 Å². The summed E-state index contributed by atoms with van der Waals surface area (Å²) < 4.78 is 4.79. The van der Waals surface area contributed by atoms with E-state index < -0.39 is 0 Å². The van der Waals surface area contributed by atoms with Gasteiger partial charge >= 0.3 is 0 Å². The van der Waals surface area contributed by atoms with E-state index >= 15 is 0 Å². The van der Waals surface area contributed by atoms with Crippen LogP contribution in [-0.4, -0.2) is 5.16 Å². The fourth-order valence-electron chi connectivity index (χ4n) is 0.698. The molecule has 9 heavy (non-hydrogen) atoms. The average molecular weight is 117 g/mol.